The summed E-state index contributed by atoms with van der Waals surface area (Å²) in [6, 6.07) is 0. The van der Waals surface area contributed by atoms with Gasteiger partial charge < -0.3 is 14.7 Å². The number of hydrogen-bond acceptors (Lipinski definition) is 5. The zero-order valence-electron chi connectivity index (χ0n) is 7.93. The molecule has 0 spiro atoms. The average molecular weight is 203 g/mol. The number of hydrogen-bond donors (Lipinski definition) is 1. The molecule has 1 N–H and O–H groups in total. The Morgan fingerprint density at radius 2 is 2.21 bits per heavy atom. The van der Waals surface area contributed by atoms with Crippen LogP contribution in [0.25, 0.3) is 0 Å². The fraction of sp³-hybridized carbons (Fsp3) is 0.625. The van der Waals surface area contributed by atoms with Crippen LogP contribution in [0.3, 0.4) is 0 Å². The molecule has 0 atom stereocenters. The number of ether oxygens (including phenoxy) is 1. The minimum atomic E-state index is -1.23. The minimum absolute atomic E-state index is 0.349. The predicted molar refractivity (Wildman–Crippen MR) is 47.9 cm³/mol. The Labute approximate surface area is 81.5 Å². The van der Waals surface area contributed by atoms with Crippen molar-refractivity contribution < 1.29 is 24.3 Å². The van der Waals surface area contributed by atoms with Gasteiger partial charge in [0, 0.05) is 0 Å². The third-order valence-electron chi connectivity index (χ3n) is 1.18. The number of aliphatic carboxylic acids is 1. The number of carboxylic acids is 1. The van der Waals surface area contributed by atoms with Gasteiger partial charge in [0.1, 0.15) is 0 Å². The highest BCUT2D eigenvalue weighted by molar-refractivity contribution is 6.21. The number of carboxylic acid groups (broad SMARTS) is 1. The van der Waals surface area contributed by atoms with Gasteiger partial charge in [0.2, 0.25) is 6.61 Å². The van der Waals surface area contributed by atoms with Crippen LogP contribution >= 0.6 is 0 Å². The van der Waals surface area contributed by atoms with E-state index >= 15 is 0 Å². The maximum absolute atomic E-state index is 10.8. The maximum atomic E-state index is 10.8. The summed E-state index contributed by atoms with van der Waals surface area (Å²) in [7, 11) is 0. The number of unbranched alkanes of at least 4 members (excludes halogenated alkanes) is 1. The van der Waals surface area contributed by atoms with Gasteiger partial charge in [0.25, 0.3) is 0 Å². The van der Waals surface area contributed by atoms with Crippen LogP contribution in [0.2, 0.25) is 0 Å². The van der Waals surface area contributed by atoms with E-state index in [4.69, 9.17) is 9.84 Å². The van der Waals surface area contributed by atoms with Crippen LogP contribution in [0.1, 0.15) is 19.8 Å². The number of carbonyl (C=O) groups excluding carboxylic acids is 1. The van der Waals surface area contributed by atoms with Crippen LogP contribution in [0, 0.1) is 0 Å². The van der Waals surface area contributed by atoms with E-state index in [0.29, 0.717) is 12.8 Å². The summed E-state index contributed by atoms with van der Waals surface area (Å²) in [5.41, 5.74) is 0. The van der Waals surface area contributed by atoms with E-state index in [9.17, 15) is 9.59 Å². The Kier molecular flexibility index (Phi) is 7.12. The second-order valence-electron chi connectivity index (χ2n) is 2.42. The second kappa shape index (κ2) is 8.03. The topological polar surface area (TPSA) is 85.2 Å². The van der Waals surface area contributed by atoms with Crippen molar-refractivity contribution in [2.75, 3.05) is 13.2 Å². The lowest BCUT2D eigenvalue weighted by Crippen LogP contribution is -2.12. The first kappa shape index (κ1) is 12.4. The van der Waals surface area contributed by atoms with Crippen molar-refractivity contribution in [3.63, 3.8) is 0 Å². The fourth-order valence-electron chi connectivity index (χ4n) is 0.544. The molecular weight excluding hydrogens is 190 g/mol. The molecule has 14 heavy (non-hydrogen) atoms. The van der Waals surface area contributed by atoms with Crippen molar-refractivity contribution in [1.29, 1.82) is 0 Å². The number of rotatable bonds is 7. The van der Waals surface area contributed by atoms with Crippen molar-refractivity contribution in [1.82, 2.24) is 0 Å². The van der Waals surface area contributed by atoms with E-state index < -0.39 is 11.9 Å². The van der Waals surface area contributed by atoms with E-state index in [0.717, 1.165) is 12.8 Å². The number of oxime groups is 1. The quantitative estimate of drug-likeness (QED) is 0.280. The number of carbonyl (C=O) groups is 2. The van der Waals surface area contributed by atoms with Gasteiger partial charge in [-0.15, -0.1) is 0 Å². The number of nitrogens with zero attached hydrogens (tertiary/aromatic N) is 1. The molecule has 0 aromatic heterocycles. The first-order chi connectivity index (χ1) is 6.66. The Morgan fingerprint density at radius 3 is 2.79 bits per heavy atom. The molecule has 0 bridgehead atoms. The molecule has 0 saturated heterocycles. The van der Waals surface area contributed by atoms with Crippen LogP contribution < -0.4 is 0 Å². The molecule has 0 radical (unpaired) electrons. The van der Waals surface area contributed by atoms with Crippen LogP contribution in [0.5, 0.6) is 0 Å². The van der Waals surface area contributed by atoms with Gasteiger partial charge in [-0.2, -0.15) is 0 Å². The van der Waals surface area contributed by atoms with Crippen LogP contribution in [0.15, 0.2) is 5.16 Å². The van der Waals surface area contributed by atoms with E-state index in [2.05, 4.69) is 9.99 Å². The largest absolute Gasteiger partial charge is 0.477 e. The third kappa shape index (κ3) is 8.51. The predicted octanol–water partition coefficient (Wildman–Crippen LogP) is 0.417. The smallest absolute Gasteiger partial charge is 0.350 e. The summed E-state index contributed by atoms with van der Waals surface area (Å²) < 4.78 is 4.70. The lowest BCUT2D eigenvalue weighted by molar-refractivity contribution is -0.149. The van der Waals surface area contributed by atoms with Crippen molar-refractivity contribution in [2.24, 2.45) is 5.16 Å². The average Bonchev–Trinajstić information content (AvgIpc) is 2.13. The molecule has 6 heteroatoms. The Balaban J connectivity index is 3.40. The molecule has 80 valence electrons. The van der Waals surface area contributed by atoms with E-state index in [1.54, 1.807) is 0 Å². The Bertz CT molecular complexity index is 214. The molecule has 0 heterocycles. The third-order valence-corrected chi connectivity index (χ3v) is 1.18. The zero-order chi connectivity index (χ0) is 10.8. The Morgan fingerprint density at radius 1 is 1.50 bits per heavy atom. The summed E-state index contributed by atoms with van der Waals surface area (Å²) in [6.07, 6.45) is 2.29. The van der Waals surface area contributed by atoms with E-state index in [1.165, 1.54) is 0 Å². The first-order valence-electron chi connectivity index (χ1n) is 4.20. The monoisotopic (exact) mass is 203 g/mol. The molecule has 6 nitrogen and oxygen atoms in total. The molecule has 0 aliphatic carbocycles. The van der Waals surface area contributed by atoms with Crippen molar-refractivity contribution in [2.45, 2.75) is 19.8 Å². The molecule has 0 rings (SSSR count). The highest BCUT2D eigenvalue weighted by atomic mass is 16.7. The standard InChI is InChI=1S/C8H13NO5/c1-2-3-4-13-8(12)6-14-9-5-7(10)11/h5H,2-4,6H2,1H3,(H,10,11)/b9-5-. The van der Waals surface area contributed by atoms with Crippen LogP contribution in [0.4, 0.5) is 0 Å². The minimum Gasteiger partial charge on any atom is -0.477 e. The van der Waals surface area contributed by atoms with Gasteiger partial charge in [0.05, 0.1) is 6.61 Å². The second-order valence-corrected chi connectivity index (χ2v) is 2.42. The van der Waals surface area contributed by atoms with Crippen LogP contribution in [-0.4, -0.2) is 36.5 Å². The van der Waals surface area contributed by atoms with Gasteiger partial charge in [-0.05, 0) is 6.42 Å². The van der Waals surface area contributed by atoms with Gasteiger partial charge >= 0.3 is 11.9 Å². The molecule has 0 amide bonds. The van der Waals surface area contributed by atoms with E-state index in [-0.39, 0.29) is 6.61 Å². The molecule has 0 aliphatic heterocycles. The summed E-state index contributed by atoms with van der Waals surface area (Å²) in [4.78, 5) is 25.1. The first-order valence-corrected chi connectivity index (χ1v) is 4.20. The fourth-order valence-corrected chi connectivity index (χ4v) is 0.544. The molecule has 0 aliphatic rings. The van der Waals surface area contributed by atoms with Crippen molar-refractivity contribution in [3.8, 4) is 0 Å². The van der Waals surface area contributed by atoms with Crippen molar-refractivity contribution >= 4 is 18.2 Å². The van der Waals surface area contributed by atoms with E-state index in [1.807, 2.05) is 6.92 Å². The summed E-state index contributed by atoms with van der Waals surface area (Å²) in [5.74, 6) is -1.79. The normalized spacial score (nSPS) is 10.1. The summed E-state index contributed by atoms with van der Waals surface area (Å²) in [6.45, 7) is 1.95. The molecular formula is C8H13NO5. The maximum Gasteiger partial charge on any atom is 0.350 e. The van der Waals surface area contributed by atoms with Gasteiger partial charge in [0.15, 0.2) is 6.21 Å². The highest BCUT2D eigenvalue weighted by Crippen LogP contribution is 1.89. The lowest BCUT2D eigenvalue weighted by atomic mass is 10.4. The molecule has 0 saturated carbocycles. The van der Waals surface area contributed by atoms with Gasteiger partial charge in [-0.1, -0.05) is 18.5 Å². The molecule has 0 aromatic rings. The van der Waals surface area contributed by atoms with Gasteiger partial charge in [-0.25, -0.2) is 9.59 Å². The molecule has 0 aromatic carbocycles. The SMILES string of the molecule is CCCCOC(=O)CO/N=C\C(=O)O. The van der Waals surface area contributed by atoms with Crippen LogP contribution in [-0.2, 0) is 19.2 Å². The lowest BCUT2D eigenvalue weighted by Gasteiger charge is -2.01. The highest BCUT2D eigenvalue weighted by Gasteiger charge is 2.01. The summed E-state index contributed by atoms with van der Waals surface area (Å²) in [5, 5.41) is 11.1. The van der Waals surface area contributed by atoms with Crippen molar-refractivity contribution in [3.05, 3.63) is 0 Å². The molecule has 0 unspecified atom stereocenters. The Hall–Kier alpha value is -1.59. The molecule has 0 fully saturated rings. The number of esters is 1. The van der Waals surface area contributed by atoms with Gasteiger partial charge in [-0.3, -0.25) is 0 Å². The summed E-state index contributed by atoms with van der Waals surface area (Å²) >= 11 is 0. The zero-order valence-corrected chi connectivity index (χ0v) is 7.93.